The minimum absolute atomic E-state index is 0.220. The lowest BCUT2D eigenvalue weighted by Crippen LogP contribution is -2.27. The van der Waals surface area contributed by atoms with Gasteiger partial charge in [0.1, 0.15) is 0 Å². The number of aryl methyl sites for hydroxylation is 1. The van der Waals surface area contributed by atoms with E-state index in [9.17, 15) is 5.11 Å². The van der Waals surface area contributed by atoms with E-state index in [-0.39, 0.29) is 12.1 Å². The Kier molecular flexibility index (Phi) is 2.57. The average Bonchev–Trinajstić information content (AvgIpc) is 2.99. The molecular weight excluding hydrogens is 174 g/mol. The molecule has 0 spiro atoms. The molecule has 0 bridgehead atoms. The SMILES string of the molecule is Cc1cccc([C@@H](N)[C@@H](O)C2CC2)c1. The zero-order valence-electron chi connectivity index (χ0n) is 8.48. The van der Waals surface area contributed by atoms with Crippen LogP contribution in [0.3, 0.4) is 0 Å². The minimum atomic E-state index is -0.364. The van der Waals surface area contributed by atoms with Crippen molar-refractivity contribution in [3.63, 3.8) is 0 Å². The van der Waals surface area contributed by atoms with Crippen LogP contribution >= 0.6 is 0 Å². The van der Waals surface area contributed by atoms with Crippen molar-refractivity contribution in [1.82, 2.24) is 0 Å². The van der Waals surface area contributed by atoms with Crippen molar-refractivity contribution in [3.05, 3.63) is 35.4 Å². The van der Waals surface area contributed by atoms with E-state index in [1.54, 1.807) is 0 Å². The Bertz CT molecular complexity index is 320. The van der Waals surface area contributed by atoms with Gasteiger partial charge in [0, 0.05) is 0 Å². The maximum absolute atomic E-state index is 9.88. The van der Waals surface area contributed by atoms with Crippen molar-refractivity contribution in [1.29, 1.82) is 0 Å². The first kappa shape index (κ1) is 9.69. The molecule has 2 rings (SSSR count). The van der Waals surface area contributed by atoms with Crippen LogP contribution in [0.15, 0.2) is 24.3 Å². The highest BCUT2D eigenvalue weighted by Crippen LogP contribution is 2.37. The van der Waals surface area contributed by atoms with Gasteiger partial charge in [0.2, 0.25) is 0 Å². The van der Waals surface area contributed by atoms with Crippen molar-refractivity contribution < 1.29 is 5.11 Å². The van der Waals surface area contributed by atoms with Crippen molar-refractivity contribution in [2.45, 2.75) is 31.9 Å². The molecule has 0 radical (unpaired) electrons. The maximum atomic E-state index is 9.88. The van der Waals surface area contributed by atoms with Crippen molar-refractivity contribution in [2.75, 3.05) is 0 Å². The van der Waals surface area contributed by atoms with Gasteiger partial charge < -0.3 is 10.8 Å². The number of benzene rings is 1. The summed E-state index contributed by atoms with van der Waals surface area (Å²) in [6, 6.07) is 7.85. The van der Waals surface area contributed by atoms with E-state index in [2.05, 4.69) is 6.07 Å². The first-order chi connectivity index (χ1) is 6.68. The molecule has 2 nitrogen and oxygen atoms in total. The lowest BCUT2D eigenvalue weighted by Gasteiger charge is -2.19. The van der Waals surface area contributed by atoms with E-state index in [1.807, 2.05) is 25.1 Å². The quantitative estimate of drug-likeness (QED) is 0.764. The molecular formula is C12H17NO. The fraction of sp³-hybridized carbons (Fsp3) is 0.500. The van der Waals surface area contributed by atoms with Gasteiger partial charge in [-0.2, -0.15) is 0 Å². The van der Waals surface area contributed by atoms with Crippen LogP contribution in [-0.4, -0.2) is 11.2 Å². The molecule has 1 saturated carbocycles. The topological polar surface area (TPSA) is 46.2 Å². The summed E-state index contributed by atoms with van der Waals surface area (Å²) in [7, 11) is 0. The lowest BCUT2D eigenvalue weighted by molar-refractivity contribution is 0.122. The molecule has 0 amide bonds. The van der Waals surface area contributed by atoms with Crippen LogP contribution in [0.25, 0.3) is 0 Å². The predicted octanol–water partition coefficient (Wildman–Crippen LogP) is 1.77. The molecule has 0 heterocycles. The Morgan fingerprint density at radius 3 is 2.71 bits per heavy atom. The fourth-order valence-electron chi connectivity index (χ4n) is 1.81. The Labute approximate surface area is 84.7 Å². The Hall–Kier alpha value is -0.860. The average molecular weight is 191 g/mol. The van der Waals surface area contributed by atoms with Gasteiger partial charge >= 0.3 is 0 Å². The number of rotatable bonds is 3. The van der Waals surface area contributed by atoms with Gasteiger partial charge in [0.05, 0.1) is 12.1 Å². The van der Waals surface area contributed by atoms with Gasteiger partial charge in [-0.25, -0.2) is 0 Å². The Morgan fingerprint density at radius 2 is 2.14 bits per heavy atom. The fourth-order valence-corrected chi connectivity index (χ4v) is 1.81. The zero-order chi connectivity index (χ0) is 10.1. The summed E-state index contributed by atoms with van der Waals surface area (Å²) < 4.78 is 0. The van der Waals surface area contributed by atoms with Crippen LogP contribution in [0.1, 0.15) is 30.0 Å². The van der Waals surface area contributed by atoms with E-state index < -0.39 is 0 Å². The first-order valence-corrected chi connectivity index (χ1v) is 5.18. The number of aliphatic hydroxyl groups is 1. The smallest absolute Gasteiger partial charge is 0.0760 e. The minimum Gasteiger partial charge on any atom is -0.391 e. The second kappa shape index (κ2) is 3.71. The summed E-state index contributed by atoms with van der Waals surface area (Å²) in [5, 5.41) is 9.88. The molecule has 76 valence electrons. The standard InChI is InChI=1S/C12H17NO/c1-8-3-2-4-10(7-8)11(13)12(14)9-5-6-9/h2-4,7,9,11-12,14H,5-6,13H2,1H3/t11-,12+/m1/s1. The first-order valence-electron chi connectivity index (χ1n) is 5.18. The summed E-state index contributed by atoms with van der Waals surface area (Å²) in [5.41, 5.74) is 8.24. The predicted molar refractivity (Wildman–Crippen MR) is 56.8 cm³/mol. The molecule has 0 aliphatic heterocycles. The number of hydrogen-bond acceptors (Lipinski definition) is 2. The number of hydrogen-bond donors (Lipinski definition) is 2. The van der Waals surface area contributed by atoms with Gasteiger partial charge in [-0.15, -0.1) is 0 Å². The second-order valence-electron chi connectivity index (χ2n) is 4.27. The van der Waals surface area contributed by atoms with Gasteiger partial charge in [0.15, 0.2) is 0 Å². The van der Waals surface area contributed by atoms with Crippen molar-refractivity contribution >= 4 is 0 Å². The van der Waals surface area contributed by atoms with Crippen molar-refractivity contribution in [2.24, 2.45) is 11.7 Å². The molecule has 14 heavy (non-hydrogen) atoms. The Balaban J connectivity index is 2.13. The number of aliphatic hydroxyl groups excluding tert-OH is 1. The lowest BCUT2D eigenvalue weighted by atomic mass is 9.98. The molecule has 2 atom stereocenters. The number of nitrogens with two attached hydrogens (primary N) is 1. The molecule has 1 aliphatic rings. The molecule has 1 aromatic rings. The van der Waals surface area contributed by atoms with Gasteiger partial charge in [-0.05, 0) is 31.2 Å². The molecule has 1 aliphatic carbocycles. The molecule has 2 heteroatoms. The second-order valence-corrected chi connectivity index (χ2v) is 4.27. The van der Waals surface area contributed by atoms with Crippen molar-refractivity contribution in [3.8, 4) is 0 Å². The molecule has 3 N–H and O–H groups in total. The Morgan fingerprint density at radius 1 is 1.43 bits per heavy atom. The van der Waals surface area contributed by atoms with Crippen LogP contribution in [0.2, 0.25) is 0 Å². The van der Waals surface area contributed by atoms with Gasteiger partial charge in [0.25, 0.3) is 0 Å². The van der Waals surface area contributed by atoms with E-state index >= 15 is 0 Å². The summed E-state index contributed by atoms with van der Waals surface area (Å²) in [4.78, 5) is 0. The maximum Gasteiger partial charge on any atom is 0.0760 e. The van der Waals surface area contributed by atoms with E-state index in [0.717, 1.165) is 18.4 Å². The highest BCUT2D eigenvalue weighted by molar-refractivity contribution is 5.26. The highest BCUT2D eigenvalue weighted by Gasteiger charge is 2.34. The summed E-state index contributed by atoms with van der Waals surface area (Å²) in [6.45, 7) is 2.04. The monoisotopic (exact) mass is 191 g/mol. The molecule has 1 aromatic carbocycles. The molecule has 0 aromatic heterocycles. The van der Waals surface area contributed by atoms with Crippen LogP contribution in [-0.2, 0) is 0 Å². The summed E-state index contributed by atoms with van der Waals surface area (Å²) in [5.74, 6) is 0.436. The van der Waals surface area contributed by atoms with Gasteiger partial charge in [-0.1, -0.05) is 29.8 Å². The normalized spacial score (nSPS) is 20.5. The van der Waals surface area contributed by atoms with Crippen LogP contribution in [0.4, 0.5) is 0 Å². The van der Waals surface area contributed by atoms with Crippen LogP contribution in [0, 0.1) is 12.8 Å². The third kappa shape index (κ3) is 1.97. The van der Waals surface area contributed by atoms with E-state index in [1.165, 1.54) is 5.56 Å². The third-order valence-corrected chi connectivity index (χ3v) is 2.90. The van der Waals surface area contributed by atoms with Crippen LogP contribution in [0.5, 0.6) is 0 Å². The zero-order valence-corrected chi connectivity index (χ0v) is 8.48. The molecule has 0 unspecified atom stereocenters. The van der Waals surface area contributed by atoms with Crippen LogP contribution < -0.4 is 5.73 Å². The van der Waals surface area contributed by atoms with E-state index in [0.29, 0.717) is 5.92 Å². The summed E-state index contributed by atoms with van der Waals surface area (Å²) in [6.07, 6.45) is 1.89. The molecule has 1 fully saturated rings. The highest BCUT2D eigenvalue weighted by atomic mass is 16.3. The van der Waals surface area contributed by atoms with Gasteiger partial charge in [-0.3, -0.25) is 0 Å². The largest absolute Gasteiger partial charge is 0.391 e. The third-order valence-electron chi connectivity index (χ3n) is 2.90. The van der Waals surface area contributed by atoms with E-state index in [4.69, 9.17) is 5.73 Å². The summed E-state index contributed by atoms with van der Waals surface area (Å²) >= 11 is 0. The molecule has 0 saturated heterocycles.